The molecule has 18 heavy (non-hydrogen) atoms. The summed E-state index contributed by atoms with van der Waals surface area (Å²) in [6.07, 6.45) is 3.83. The Morgan fingerprint density at radius 3 is 2.78 bits per heavy atom. The molecular weight excluding hydrogens is 264 g/mol. The van der Waals surface area contributed by atoms with Crippen molar-refractivity contribution >= 4 is 27.8 Å². The van der Waals surface area contributed by atoms with Gasteiger partial charge in [0, 0.05) is 13.1 Å². The molecule has 0 amide bonds. The average Bonchev–Trinajstić information content (AvgIpc) is 3.08. The standard InChI is InChI=1S/C13H16N2OS2/c16-9-11-12(10-5-4-8-17-10)14-13(18-11)15-6-2-1-3-7-15/h4-5,8,16H,1-3,6-7,9H2. The molecule has 0 atom stereocenters. The average molecular weight is 280 g/mol. The molecule has 5 heteroatoms. The van der Waals surface area contributed by atoms with Crippen LogP contribution in [0.5, 0.6) is 0 Å². The smallest absolute Gasteiger partial charge is 0.186 e. The van der Waals surface area contributed by atoms with Crippen molar-refractivity contribution in [3.05, 3.63) is 22.4 Å². The van der Waals surface area contributed by atoms with Gasteiger partial charge in [-0.15, -0.1) is 11.3 Å². The summed E-state index contributed by atoms with van der Waals surface area (Å²) < 4.78 is 0. The second-order valence-electron chi connectivity index (χ2n) is 4.45. The summed E-state index contributed by atoms with van der Waals surface area (Å²) in [6.45, 7) is 2.28. The minimum absolute atomic E-state index is 0.0821. The van der Waals surface area contributed by atoms with Crippen molar-refractivity contribution in [2.24, 2.45) is 0 Å². The third kappa shape index (κ3) is 2.30. The van der Waals surface area contributed by atoms with Crippen LogP contribution in [0.4, 0.5) is 5.13 Å². The van der Waals surface area contributed by atoms with E-state index in [1.165, 1.54) is 19.3 Å². The predicted molar refractivity (Wildman–Crippen MR) is 77.4 cm³/mol. The van der Waals surface area contributed by atoms with Crippen LogP contribution in [0.3, 0.4) is 0 Å². The zero-order chi connectivity index (χ0) is 12.4. The van der Waals surface area contributed by atoms with Gasteiger partial charge in [-0.25, -0.2) is 4.98 Å². The summed E-state index contributed by atoms with van der Waals surface area (Å²) >= 11 is 3.32. The second kappa shape index (κ2) is 5.38. The molecule has 2 aromatic heterocycles. The Hall–Kier alpha value is -0.910. The van der Waals surface area contributed by atoms with Gasteiger partial charge in [-0.05, 0) is 30.7 Å². The van der Waals surface area contributed by atoms with Gasteiger partial charge in [-0.1, -0.05) is 17.4 Å². The molecule has 2 aromatic rings. The number of anilines is 1. The zero-order valence-electron chi connectivity index (χ0n) is 10.1. The molecule has 1 saturated heterocycles. The van der Waals surface area contributed by atoms with E-state index in [1.54, 1.807) is 22.7 Å². The van der Waals surface area contributed by atoms with Crippen molar-refractivity contribution in [1.82, 2.24) is 4.98 Å². The molecule has 0 radical (unpaired) electrons. The van der Waals surface area contributed by atoms with E-state index in [0.717, 1.165) is 33.7 Å². The Labute approximate surface area is 115 Å². The van der Waals surface area contributed by atoms with Crippen LogP contribution in [-0.4, -0.2) is 23.2 Å². The molecule has 0 bridgehead atoms. The highest BCUT2D eigenvalue weighted by Gasteiger charge is 2.19. The molecule has 1 aliphatic heterocycles. The molecule has 3 heterocycles. The lowest BCUT2D eigenvalue weighted by molar-refractivity contribution is 0.286. The molecule has 0 unspecified atom stereocenters. The fourth-order valence-corrected chi connectivity index (χ4v) is 4.06. The van der Waals surface area contributed by atoms with Crippen LogP contribution >= 0.6 is 22.7 Å². The molecule has 1 fully saturated rings. The predicted octanol–water partition coefficient (Wildman–Crippen LogP) is 3.35. The SMILES string of the molecule is OCc1sc(N2CCCCC2)nc1-c1cccs1. The maximum absolute atomic E-state index is 9.49. The maximum atomic E-state index is 9.49. The van der Waals surface area contributed by atoms with Gasteiger partial charge in [0.15, 0.2) is 5.13 Å². The number of aromatic nitrogens is 1. The number of thiophene rings is 1. The lowest BCUT2D eigenvalue weighted by Gasteiger charge is -2.25. The molecule has 0 aromatic carbocycles. The van der Waals surface area contributed by atoms with Gasteiger partial charge in [0.2, 0.25) is 0 Å². The van der Waals surface area contributed by atoms with Crippen LogP contribution < -0.4 is 4.90 Å². The topological polar surface area (TPSA) is 36.4 Å². The third-order valence-electron chi connectivity index (χ3n) is 3.21. The van der Waals surface area contributed by atoms with E-state index in [0.29, 0.717) is 0 Å². The zero-order valence-corrected chi connectivity index (χ0v) is 11.8. The van der Waals surface area contributed by atoms with Crippen molar-refractivity contribution in [2.45, 2.75) is 25.9 Å². The van der Waals surface area contributed by atoms with Gasteiger partial charge in [0.05, 0.1) is 22.1 Å². The first kappa shape index (κ1) is 12.1. The van der Waals surface area contributed by atoms with E-state index < -0.39 is 0 Å². The first-order valence-electron chi connectivity index (χ1n) is 6.28. The Kier molecular flexibility index (Phi) is 3.63. The highest BCUT2D eigenvalue weighted by Crippen LogP contribution is 2.36. The van der Waals surface area contributed by atoms with E-state index in [1.807, 2.05) is 6.07 Å². The van der Waals surface area contributed by atoms with Gasteiger partial charge in [0.1, 0.15) is 0 Å². The van der Waals surface area contributed by atoms with Gasteiger partial charge in [-0.2, -0.15) is 0 Å². The molecule has 96 valence electrons. The van der Waals surface area contributed by atoms with Crippen LogP contribution in [-0.2, 0) is 6.61 Å². The highest BCUT2D eigenvalue weighted by molar-refractivity contribution is 7.17. The lowest BCUT2D eigenvalue weighted by atomic mass is 10.1. The van der Waals surface area contributed by atoms with Crippen molar-refractivity contribution in [3.8, 4) is 10.6 Å². The van der Waals surface area contributed by atoms with E-state index >= 15 is 0 Å². The molecule has 1 aliphatic rings. The Morgan fingerprint density at radius 1 is 1.28 bits per heavy atom. The minimum Gasteiger partial charge on any atom is -0.391 e. The number of hydrogen-bond acceptors (Lipinski definition) is 5. The molecule has 0 spiro atoms. The van der Waals surface area contributed by atoms with E-state index in [4.69, 9.17) is 4.98 Å². The number of piperidine rings is 1. The number of nitrogens with zero attached hydrogens (tertiary/aromatic N) is 2. The number of aliphatic hydroxyl groups is 1. The summed E-state index contributed by atoms with van der Waals surface area (Å²) in [7, 11) is 0. The minimum atomic E-state index is 0.0821. The maximum Gasteiger partial charge on any atom is 0.186 e. The van der Waals surface area contributed by atoms with Crippen LogP contribution in [0, 0.1) is 0 Å². The largest absolute Gasteiger partial charge is 0.391 e. The number of hydrogen-bond donors (Lipinski definition) is 1. The normalized spacial score (nSPS) is 16.2. The first-order chi connectivity index (χ1) is 8.88. The summed E-state index contributed by atoms with van der Waals surface area (Å²) in [5, 5.41) is 12.6. The van der Waals surface area contributed by atoms with Gasteiger partial charge in [0.25, 0.3) is 0 Å². The highest BCUT2D eigenvalue weighted by atomic mass is 32.1. The third-order valence-corrected chi connectivity index (χ3v) is 5.19. The van der Waals surface area contributed by atoms with Crippen LogP contribution in [0.25, 0.3) is 10.6 Å². The fourth-order valence-electron chi connectivity index (χ4n) is 2.27. The van der Waals surface area contributed by atoms with Crippen molar-refractivity contribution in [3.63, 3.8) is 0 Å². The molecule has 1 N–H and O–H groups in total. The summed E-state index contributed by atoms with van der Waals surface area (Å²) in [5.74, 6) is 0. The van der Waals surface area contributed by atoms with Crippen molar-refractivity contribution in [1.29, 1.82) is 0 Å². The van der Waals surface area contributed by atoms with E-state index in [-0.39, 0.29) is 6.61 Å². The van der Waals surface area contributed by atoms with Gasteiger partial charge in [-0.3, -0.25) is 0 Å². The first-order valence-corrected chi connectivity index (χ1v) is 7.97. The summed E-state index contributed by atoms with van der Waals surface area (Å²) in [4.78, 5) is 9.23. The monoisotopic (exact) mass is 280 g/mol. The molecular formula is C13H16N2OS2. The van der Waals surface area contributed by atoms with Crippen LogP contribution in [0.1, 0.15) is 24.1 Å². The number of rotatable bonds is 3. The lowest BCUT2D eigenvalue weighted by Crippen LogP contribution is -2.29. The van der Waals surface area contributed by atoms with Crippen molar-refractivity contribution in [2.75, 3.05) is 18.0 Å². The second-order valence-corrected chi connectivity index (χ2v) is 6.46. The Morgan fingerprint density at radius 2 is 2.11 bits per heavy atom. The Bertz CT molecular complexity index is 501. The van der Waals surface area contributed by atoms with Gasteiger partial charge < -0.3 is 10.0 Å². The number of aliphatic hydroxyl groups excluding tert-OH is 1. The Balaban J connectivity index is 1.92. The molecule has 3 nitrogen and oxygen atoms in total. The summed E-state index contributed by atoms with van der Waals surface area (Å²) in [6, 6.07) is 4.10. The van der Waals surface area contributed by atoms with Crippen LogP contribution in [0.2, 0.25) is 0 Å². The van der Waals surface area contributed by atoms with Crippen molar-refractivity contribution < 1.29 is 5.11 Å². The van der Waals surface area contributed by atoms with E-state index in [9.17, 15) is 5.11 Å². The quantitative estimate of drug-likeness (QED) is 0.936. The molecule has 3 rings (SSSR count). The number of thiazole rings is 1. The molecule has 0 saturated carbocycles. The van der Waals surface area contributed by atoms with Crippen LogP contribution in [0.15, 0.2) is 17.5 Å². The summed E-state index contributed by atoms with van der Waals surface area (Å²) in [5.41, 5.74) is 0.970. The fraction of sp³-hybridized carbons (Fsp3) is 0.462. The van der Waals surface area contributed by atoms with Gasteiger partial charge >= 0.3 is 0 Å². The van der Waals surface area contributed by atoms with E-state index in [2.05, 4.69) is 16.3 Å². The molecule has 0 aliphatic carbocycles.